The SMILES string of the molecule is CCC=N/C(C)=N/N(C)C(C)O. The van der Waals surface area contributed by atoms with Gasteiger partial charge in [-0.05, 0) is 20.3 Å². The van der Waals surface area contributed by atoms with Gasteiger partial charge >= 0.3 is 0 Å². The fourth-order valence-electron chi connectivity index (χ4n) is 0.561. The van der Waals surface area contributed by atoms with Crippen LogP contribution in [0.15, 0.2) is 10.1 Å². The Balaban J connectivity index is 4.06. The highest BCUT2D eigenvalue weighted by Crippen LogP contribution is 1.92. The largest absolute Gasteiger partial charge is 0.372 e. The molecule has 0 spiro atoms. The Kier molecular flexibility index (Phi) is 5.28. The van der Waals surface area contributed by atoms with Gasteiger partial charge < -0.3 is 5.11 Å². The first-order chi connectivity index (χ1) is 5.57. The van der Waals surface area contributed by atoms with E-state index in [4.69, 9.17) is 5.11 Å². The Morgan fingerprint density at radius 3 is 2.67 bits per heavy atom. The minimum Gasteiger partial charge on any atom is -0.372 e. The molecular weight excluding hydrogens is 154 g/mol. The predicted molar refractivity (Wildman–Crippen MR) is 51.3 cm³/mol. The number of nitrogens with zero attached hydrogens (tertiary/aromatic N) is 3. The van der Waals surface area contributed by atoms with Crippen molar-refractivity contribution in [3.8, 4) is 0 Å². The Morgan fingerprint density at radius 1 is 1.67 bits per heavy atom. The summed E-state index contributed by atoms with van der Waals surface area (Å²) < 4.78 is 0. The van der Waals surface area contributed by atoms with Crippen molar-refractivity contribution in [3.05, 3.63) is 0 Å². The molecule has 0 heterocycles. The molecule has 0 saturated heterocycles. The zero-order chi connectivity index (χ0) is 9.56. The van der Waals surface area contributed by atoms with Gasteiger partial charge in [-0.3, -0.25) is 5.01 Å². The number of aliphatic hydroxyl groups is 1. The third kappa shape index (κ3) is 4.85. The molecule has 0 aromatic heterocycles. The monoisotopic (exact) mass is 171 g/mol. The fourth-order valence-corrected chi connectivity index (χ4v) is 0.561. The van der Waals surface area contributed by atoms with E-state index < -0.39 is 6.23 Å². The van der Waals surface area contributed by atoms with Crippen LogP contribution < -0.4 is 0 Å². The number of hydrazone groups is 1. The molecule has 0 radical (unpaired) electrons. The number of rotatable bonds is 3. The molecule has 4 heteroatoms. The van der Waals surface area contributed by atoms with Crippen LogP contribution in [-0.4, -0.2) is 35.4 Å². The van der Waals surface area contributed by atoms with Crippen LogP contribution in [0, 0.1) is 0 Å². The van der Waals surface area contributed by atoms with Crippen molar-refractivity contribution in [3.63, 3.8) is 0 Å². The average Bonchev–Trinajstić information content (AvgIpc) is 2.00. The van der Waals surface area contributed by atoms with E-state index in [0.717, 1.165) is 6.42 Å². The third-order valence-electron chi connectivity index (χ3n) is 1.30. The number of hydrogen-bond acceptors (Lipinski definition) is 3. The fraction of sp³-hybridized carbons (Fsp3) is 0.750. The molecule has 0 aliphatic rings. The van der Waals surface area contributed by atoms with E-state index in [9.17, 15) is 0 Å². The summed E-state index contributed by atoms with van der Waals surface area (Å²) in [4.78, 5) is 4.04. The van der Waals surface area contributed by atoms with Crippen LogP contribution in [0.3, 0.4) is 0 Å². The van der Waals surface area contributed by atoms with Gasteiger partial charge in [-0.2, -0.15) is 5.10 Å². The smallest absolute Gasteiger partial charge is 0.144 e. The standard InChI is InChI=1S/C8H17N3O/c1-5-6-9-7(2)10-11(4)8(3)12/h6,8,12H,5H2,1-4H3/b9-6?,10-7+. The molecular formula is C8H17N3O. The molecule has 0 amide bonds. The maximum Gasteiger partial charge on any atom is 0.144 e. The molecule has 4 nitrogen and oxygen atoms in total. The lowest BCUT2D eigenvalue weighted by Gasteiger charge is -2.15. The van der Waals surface area contributed by atoms with Crippen LogP contribution in [0.5, 0.6) is 0 Å². The van der Waals surface area contributed by atoms with Crippen LogP contribution in [0.4, 0.5) is 0 Å². The van der Waals surface area contributed by atoms with E-state index in [1.165, 1.54) is 5.01 Å². The highest BCUT2D eigenvalue weighted by atomic mass is 16.3. The summed E-state index contributed by atoms with van der Waals surface area (Å²) in [7, 11) is 1.70. The molecule has 0 rings (SSSR count). The molecule has 0 bridgehead atoms. The first-order valence-electron chi connectivity index (χ1n) is 4.06. The van der Waals surface area contributed by atoms with E-state index in [-0.39, 0.29) is 0 Å². The third-order valence-corrected chi connectivity index (χ3v) is 1.30. The Hall–Kier alpha value is -0.900. The van der Waals surface area contributed by atoms with Crippen molar-refractivity contribution in [2.75, 3.05) is 7.05 Å². The van der Waals surface area contributed by atoms with Crippen molar-refractivity contribution in [2.45, 2.75) is 33.4 Å². The van der Waals surface area contributed by atoms with Gasteiger partial charge in [0.1, 0.15) is 12.1 Å². The van der Waals surface area contributed by atoms with Crippen molar-refractivity contribution < 1.29 is 5.11 Å². The van der Waals surface area contributed by atoms with Crippen LogP contribution in [0.25, 0.3) is 0 Å². The second kappa shape index (κ2) is 5.71. The first-order valence-corrected chi connectivity index (χ1v) is 4.06. The zero-order valence-electron chi connectivity index (χ0n) is 8.15. The Labute approximate surface area is 73.6 Å². The lowest BCUT2D eigenvalue weighted by atomic mass is 10.5. The van der Waals surface area contributed by atoms with E-state index in [1.54, 1.807) is 27.1 Å². The Bertz CT molecular complexity index is 175. The molecule has 1 N–H and O–H groups in total. The van der Waals surface area contributed by atoms with Gasteiger partial charge in [-0.15, -0.1) is 0 Å². The summed E-state index contributed by atoms with van der Waals surface area (Å²) in [6, 6.07) is 0. The minimum atomic E-state index is -0.572. The predicted octanol–water partition coefficient (Wildman–Crippen LogP) is 1.07. The molecule has 0 saturated carbocycles. The van der Waals surface area contributed by atoms with E-state index in [2.05, 4.69) is 10.1 Å². The highest BCUT2D eigenvalue weighted by Gasteiger charge is 1.99. The maximum atomic E-state index is 9.06. The summed E-state index contributed by atoms with van der Waals surface area (Å²) in [5.41, 5.74) is 0. The van der Waals surface area contributed by atoms with Crippen molar-refractivity contribution in [1.82, 2.24) is 5.01 Å². The van der Waals surface area contributed by atoms with Crippen molar-refractivity contribution in [2.24, 2.45) is 10.1 Å². The second-order valence-electron chi connectivity index (χ2n) is 2.57. The zero-order valence-corrected chi connectivity index (χ0v) is 8.15. The first kappa shape index (κ1) is 11.1. The lowest BCUT2D eigenvalue weighted by Crippen LogP contribution is -2.23. The van der Waals surface area contributed by atoms with Crippen LogP contribution in [-0.2, 0) is 0 Å². The highest BCUT2D eigenvalue weighted by molar-refractivity contribution is 5.87. The molecule has 0 aromatic rings. The number of hydrogen-bond donors (Lipinski definition) is 1. The Morgan fingerprint density at radius 2 is 2.25 bits per heavy atom. The molecule has 1 atom stereocenters. The van der Waals surface area contributed by atoms with E-state index >= 15 is 0 Å². The van der Waals surface area contributed by atoms with Gasteiger partial charge in [0, 0.05) is 13.3 Å². The quantitative estimate of drug-likeness (QED) is 0.299. The molecule has 1 unspecified atom stereocenters. The normalized spacial score (nSPS) is 15.2. The summed E-state index contributed by atoms with van der Waals surface area (Å²) in [5.74, 6) is 0.653. The minimum absolute atomic E-state index is 0.572. The summed E-state index contributed by atoms with van der Waals surface area (Å²) in [6.45, 7) is 5.46. The van der Waals surface area contributed by atoms with Crippen LogP contribution >= 0.6 is 0 Å². The van der Waals surface area contributed by atoms with Crippen molar-refractivity contribution >= 4 is 12.1 Å². The van der Waals surface area contributed by atoms with Gasteiger partial charge in [-0.25, -0.2) is 4.99 Å². The van der Waals surface area contributed by atoms with Crippen LogP contribution in [0.2, 0.25) is 0 Å². The van der Waals surface area contributed by atoms with E-state index in [1.807, 2.05) is 6.92 Å². The summed E-state index contributed by atoms with van der Waals surface area (Å²) >= 11 is 0. The maximum absolute atomic E-state index is 9.06. The molecule has 0 aliphatic carbocycles. The van der Waals surface area contributed by atoms with E-state index in [0.29, 0.717) is 5.84 Å². The van der Waals surface area contributed by atoms with Gasteiger partial charge in [-0.1, -0.05) is 6.92 Å². The number of aliphatic hydroxyl groups excluding tert-OH is 1. The number of amidine groups is 1. The van der Waals surface area contributed by atoms with Crippen LogP contribution in [0.1, 0.15) is 27.2 Å². The molecule has 0 aliphatic heterocycles. The molecule has 12 heavy (non-hydrogen) atoms. The van der Waals surface area contributed by atoms with Gasteiger partial charge in [0.25, 0.3) is 0 Å². The van der Waals surface area contributed by atoms with Gasteiger partial charge in [0.05, 0.1) is 0 Å². The second-order valence-corrected chi connectivity index (χ2v) is 2.57. The molecule has 0 fully saturated rings. The summed E-state index contributed by atoms with van der Waals surface area (Å²) in [5, 5.41) is 14.5. The average molecular weight is 171 g/mol. The lowest BCUT2D eigenvalue weighted by molar-refractivity contribution is 0.0405. The summed E-state index contributed by atoms with van der Waals surface area (Å²) in [6.07, 6.45) is 2.11. The molecule has 70 valence electrons. The number of aliphatic imine (C=N–C) groups is 1. The topological polar surface area (TPSA) is 48.2 Å². The van der Waals surface area contributed by atoms with Crippen molar-refractivity contribution in [1.29, 1.82) is 0 Å². The van der Waals surface area contributed by atoms with Gasteiger partial charge in [0.15, 0.2) is 0 Å². The molecule has 0 aromatic carbocycles. The van der Waals surface area contributed by atoms with Gasteiger partial charge in [0.2, 0.25) is 0 Å².